The molecule has 0 bridgehead atoms. The van der Waals surface area contributed by atoms with Crippen LogP contribution in [0.25, 0.3) is 21.9 Å². The molecule has 2 aromatic carbocycles. The molecule has 4 rings (SSSR count). The molecule has 0 amide bonds. The average Bonchev–Trinajstić information content (AvgIpc) is 3.11. The minimum Gasteiger partial charge on any atom is -0.478 e. The summed E-state index contributed by atoms with van der Waals surface area (Å²) < 4.78 is 7.34. The summed E-state index contributed by atoms with van der Waals surface area (Å²) in [5.74, 6) is -0.922. The number of carbonyl (C=O) groups is 1. The molecule has 1 fully saturated rings. The van der Waals surface area contributed by atoms with E-state index in [1.54, 1.807) is 12.3 Å². The van der Waals surface area contributed by atoms with Crippen LogP contribution in [0, 0.1) is 0 Å². The largest absolute Gasteiger partial charge is 0.478 e. The summed E-state index contributed by atoms with van der Waals surface area (Å²) in [5.41, 5.74) is 1.85. The minimum atomic E-state index is -0.922. The van der Waals surface area contributed by atoms with Gasteiger partial charge in [0.15, 0.2) is 0 Å². The zero-order chi connectivity index (χ0) is 16.5. The van der Waals surface area contributed by atoms with E-state index in [9.17, 15) is 9.90 Å². The van der Waals surface area contributed by atoms with Crippen LogP contribution in [0.15, 0.2) is 48.8 Å². The predicted molar refractivity (Wildman–Crippen MR) is 91.2 cm³/mol. The third-order valence-corrected chi connectivity index (χ3v) is 4.59. The maximum atomic E-state index is 11.7. The van der Waals surface area contributed by atoms with Crippen LogP contribution in [-0.4, -0.2) is 34.1 Å². The Hall–Kier alpha value is -2.66. The van der Waals surface area contributed by atoms with E-state index < -0.39 is 5.97 Å². The maximum absolute atomic E-state index is 11.7. The van der Waals surface area contributed by atoms with Crippen molar-refractivity contribution < 1.29 is 14.6 Å². The van der Waals surface area contributed by atoms with Gasteiger partial charge in [0.05, 0.1) is 17.8 Å². The van der Waals surface area contributed by atoms with Crippen molar-refractivity contribution >= 4 is 16.7 Å². The van der Waals surface area contributed by atoms with E-state index in [-0.39, 0.29) is 0 Å². The first-order valence-corrected chi connectivity index (χ1v) is 8.11. The average molecular weight is 322 g/mol. The van der Waals surface area contributed by atoms with Crippen LogP contribution in [0.5, 0.6) is 0 Å². The van der Waals surface area contributed by atoms with E-state index in [1.807, 2.05) is 41.2 Å². The summed E-state index contributed by atoms with van der Waals surface area (Å²) in [4.78, 5) is 11.7. The van der Waals surface area contributed by atoms with Crippen LogP contribution >= 0.6 is 0 Å². The molecule has 5 heteroatoms. The van der Waals surface area contributed by atoms with Gasteiger partial charge in [-0.3, -0.25) is 4.68 Å². The molecule has 1 aliphatic rings. The molecule has 5 nitrogen and oxygen atoms in total. The molecule has 1 aromatic heterocycles. The monoisotopic (exact) mass is 322 g/mol. The molecule has 0 radical (unpaired) electrons. The highest BCUT2D eigenvalue weighted by molar-refractivity contribution is 6.02. The molecule has 1 N–H and O–H groups in total. The van der Waals surface area contributed by atoms with Crippen LogP contribution in [0.3, 0.4) is 0 Å². The fourth-order valence-electron chi connectivity index (χ4n) is 3.28. The van der Waals surface area contributed by atoms with Crippen molar-refractivity contribution in [2.24, 2.45) is 0 Å². The number of nitrogens with zero attached hydrogens (tertiary/aromatic N) is 2. The molecule has 2 heterocycles. The van der Waals surface area contributed by atoms with Crippen LogP contribution in [0.1, 0.15) is 29.2 Å². The van der Waals surface area contributed by atoms with E-state index in [0.717, 1.165) is 42.4 Å². The molecule has 0 atom stereocenters. The molecule has 24 heavy (non-hydrogen) atoms. The van der Waals surface area contributed by atoms with Crippen molar-refractivity contribution in [2.45, 2.75) is 18.9 Å². The predicted octanol–water partition coefficient (Wildman–Crippen LogP) is 3.75. The van der Waals surface area contributed by atoms with E-state index >= 15 is 0 Å². The molecule has 0 unspecified atom stereocenters. The normalized spacial score (nSPS) is 15.7. The zero-order valence-electron chi connectivity index (χ0n) is 13.2. The highest BCUT2D eigenvalue weighted by atomic mass is 16.5. The highest BCUT2D eigenvalue weighted by Gasteiger charge is 2.19. The van der Waals surface area contributed by atoms with Gasteiger partial charge < -0.3 is 9.84 Å². The van der Waals surface area contributed by atoms with Crippen LogP contribution in [0.2, 0.25) is 0 Å². The van der Waals surface area contributed by atoms with E-state index in [1.165, 1.54) is 0 Å². The third-order valence-electron chi connectivity index (χ3n) is 4.59. The Balaban J connectivity index is 1.79. The number of aromatic nitrogens is 2. The summed E-state index contributed by atoms with van der Waals surface area (Å²) >= 11 is 0. The molecular formula is C19H18N2O3. The lowest BCUT2D eigenvalue weighted by atomic mass is 9.97. The second kappa shape index (κ2) is 6.09. The van der Waals surface area contributed by atoms with Crippen LogP contribution in [0.4, 0.5) is 0 Å². The maximum Gasteiger partial charge on any atom is 0.336 e. The van der Waals surface area contributed by atoms with Crippen molar-refractivity contribution in [2.75, 3.05) is 13.2 Å². The number of benzene rings is 2. The summed E-state index contributed by atoms with van der Waals surface area (Å²) in [6.07, 6.45) is 5.58. The molecule has 1 aliphatic heterocycles. The number of rotatable bonds is 3. The van der Waals surface area contributed by atoms with Crippen molar-refractivity contribution in [3.05, 3.63) is 54.4 Å². The SMILES string of the molecule is O=C(O)c1cc2ccccc2cc1-c1cnn(C2CCOCC2)c1. The number of aromatic carboxylic acids is 1. The Kier molecular flexibility index (Phi) is 3.78. The van der Waals surface area contributed by atoms with Crippen molar-refractivity contribution in [3.63, 3.8) is 0 Å². The number of carboxylic acids is 1. The lowest BCUT2D eigenvalue weighted by molar-refractivity contribution is 0.0662. The number of carboxylic acid groups (broad SMARTS) is 1. The molecule has 1 saturated heterocycles. The van der Waals surface area contributed by atoms with Gasteiger partial charge in [-0.05, 0) is 41.3 Å². The molecule has 3 aromatic rings. The Bertz CT molecular complexity index is 895. The lowest BCUT2D eigenvalue weighted by Crippen LogP contribution is -2.19. The number of hydrogen-bond donors (Lipinski definition) is 1. The van der Waals surface area contributed by atoms with Gasteiger partial charge in [0.25, 0.3) is 0 Å². The molecule has 0 spiro atoms. The summed E-state index contributed by atoms with van der Waals surface area (Å²) in [5, 5.41) is 16.0. The second-order valence-corrected chi connectivity index (χ2v) is 6.10. The number of ether oxygens (including phenoxy) is 1. The third kappa shape index (κ3) is 2.67. The van der Waals surface area contributed by atoms with Gasteiger partial charge in [-0.2, -0.15) is 5.10 Å². The first-order valence-electron chi connectivity index (χ1n) is 8.11. The Morgan fingerprint density at radius 2 is 1.88 bits per heavy atom. The van der Waals surface area contributed by atoms with Gasteiger partial charge in [0.1, 0.15) is 0 Å². The van der Waals surface area contributed by atoms with Crippen molar-refractivity contribution in [1.29, 1.82) is 0 Å². The van der Waals surface area contributed by atoms with Crippen molar-refractivity contribution in [1.82, 2.24) is 9.78 Å². The van der Waals surface area contributed by atoms with Gasteiger partial charge >= 0.3 is 5.97 Å². The Morgan fingerprint density at radius 3 is 2.58 bits per heavy atom. The highest BCUT2D eigenvalue weighted by Crippen LogP contribution is 2.30. The van der Waals surface area contributed by atoms with Gasteiger partial charge in [-0.25, -0.2) is 4.79 Å². The molecule has 122 valence electrons. The lowest BCUT2D eigenvalue weighted by Gasteiger charge is -2.22. The van der Waals surface area contributed by atoms with E-state index in [2.05, 4.69) is 5.10 Å². The summed E-state index contributed by atoms with van der Waals surface area (Å²) in [7, 11) is 0. The summed E-state index contributed by atoms with van der Waals surface area (Å²) in [6.45, 7) is 1.49. The number of hydrogen-bond acceptors (Lipinski definition) is 3. The zero-order valence-corrected chi connectivity index (χ0v) is 13.2. The first kappa shape index (κ1) is 14.9. The smallest absolute Gasteiger partial charge is 0.336 e. The fraction of sp³-hybridized carbons (Fsp3) is 0.263. The van der Waals surface area contributed by atoms with E-state index in [4.69, 9.17) is 4.74 Å². The van der Waals surface area contributed by atoms with Gasteiger partial charge in [-0.1, -0.05) is 24.3 Å². The van der Waals surface area contributed by atoms with Crippen molar-refractivity contribution in [3.8, 4) is 11.1 Å². The van der Waals surface area contributed by atoms with E-state index in [0.29, 0.717) is 17.2 Å². The van der Waals surface area contributed by atoms with Crippen LogP contribution < -0.4 is 0 Å². The standard InChI is InChI=1S/C19H18N2O3/c22-19(23)18-10-14-4-2-1-3-13(14)9-17(18)15-11-20-21(12-15)16-5-7-24-8-6-16/h1-4,9-12,16H,5-8H2,(H,22,23). The number of fused-ring (bicyclic) bond motifs is 1. The quantitative estimate of drug-likeness (QED) is 0.797. The van der Waals surface area contributed by atoms with Gasteiger partial charge in [-0.15, -0.1) is 0 Å². The van der Waals surface area contributed by atoms with Crippen LogP contribution in [-0.2, 0) is 4.74 Å². The minimum absolute atomic E-state index is 0.306. The van der Waals surface area contributed by atoms with Gasteiger partial charge in [0.2, 0.25) is 0 Å². The summed E-state index contributed by atoms with van der Waals surface area (Å²) in [6, 6.07) is 11.8. The molecule has 0 aliphatic carbocycles. The first-order chi connectivity index (χ1) is 11.7. The second-order valence-electron chi connectivity index (χ2n) is 6.10. The van der Waals surface area contributed by atoms with Gasteiger partial charge in [0, 0.05) is 25.0 Å². The topological polar surface area (TPSA) is 64.3 Å². The fourth-order valence-corrected chi connectivity index (χ4v) is 3.28. The Morgan fingerprint density at radius 1 is 1.17 bits per heavy atom. The Labute approximate surface area is 139 Å². The molecule has 0 saturated carbocycles. The molecular weight excluding hydrogens is 304 g/mol.